The van der Waals surface area contributed by atoms with Gasteiger partial charge in [0.15, 0.2) is 5.16 Å². The molecule has 5 nitrogen and oxygen atoms in total. The van der Waals surface area contributed by atoms with E-state index in [4.69, 9.17) is 11.5 Å². The van der Waals surface area contributed by atoms with Crippen molar-refractivity contribution in [3.63, 3.8) is 0 Å². The number of nitrogen functional groups attached to an aromatic ring is 2. The average Bonchev–Trinajstić information content (AvgIpc) is 2.37. The molecule has 0 radical (unpaired) electrons. The number of hydrogen-bond donors (Lipinski definition) is 2. The lowest BCUT2D eigenvalue weighted by Crippen LogP contribution is -2.26. The molecule has 6 heteroatoms. The summed E-state index contributed by atoms with van der Waals surface area (Å²) >= 11 is 1.54. The molecule has 1 aliphatic carbocycles. The Bertz CT molecular complexity index is 464. The maximum Gasteiger partial charge on any atom is 0.191 e. The third-order valence-corrected chi connectivity index (χ3v) is 4.86. The molecule has 1 aromatic heterocycles. The van der Waals surface area contributed by atoms with E-state index in [9.17, 15) is 5.26 Å². The van der Waals surface area contributed by atoms with E-state index >= 15 is 0 Å². The highest BCUT2D eigenvalue weighted by molar-refractivity contribution is 7.99. The summed E-state index contributed by atoms with van der Waals surface area (Å²) in [6.07, 6.45) is 4.31. The van der Waals surface area contributed by atoms with Crippen LogP contribution in [0.1, 0.15) is 32.6 Å². The minimum atomic E-state index is 0.0686. The van der Waals surface area contributed by atoms with Crippen molar-refractivity contribution in [3.8, 4) is 6.07 Å². The van der Waals surface area contributed by atoms with Crippen LogP contribution in [-0.4, -0.2) is 15.2 Å². The van der Waals surface area contributed by atoms with Gasteiger partial charge in [0.05, 0.1) is 12.0 Å². The van der Waals surface area contributed by atoms with Crippen LogP contribution in [0.2, 0.25) is 0 Å². The molecule has 0 aromatic carbocycles. The van der Waals surface area contributed by atoms with Gasteiger partial charge in [0.2, 0.25) is 0 Å². The Morgan fingerprint density at radius 3 is 2.63 bits per heavy atom. The van der Waals surface area contributed by atoms with E-state index in [1.165, 1.54) is 11.8 Å². The fraction of sp³-hybridized carbons (Fsp3) is 0.615. The van der Waals surface area contributed by atoms with Crippen LogP contribution in [0.5, 0.6) is 0 Å². The number of aromatic nitrogens is 2. The van der Waals surface area contributed by atoms with Gasteiger partial charge in [-0.1, -0.05) is 25.1 Å². The van der Waals surface area contributed by atoms with E-state index in [0.29, 0.717) is 22.7 Å². The molecule has 4 N–H and O–H groups in total. The Morgan fingerprint density at radius 2 is 2.05 bits per heavy atom. The summed E-state index contributed by atoms with van der Waals surface area (Å²) in [5.41, 5.74) is 11.4. The molecular formula is C13H19N5S. The lowest BCUT2D eigenvalue weighted by atomic mass is 9.81. The van der Waals surface area contributed by atoms with Crippen molar-refractivity contribution in [2.24, 2.45) is 11.8 Å². The smallest absolute Gasteiger partial charge is 0.191 e. The average molecular weight is 277 g/mol. The molecule has 1 aromatic rings. The summed E-state index contributed by atoms with van der Waals surface area (Å²) in [6.45, 7) is 2.20. The van der Waals surface area contributed by atoms with E-state index < -0.39 is 0 Å². The largest absolute Gasteiger partial charge is 0.383 e. The standard InChI is InChI=1S/C13H19N5S/c1-2-8-3-4-9(7-14)10(5-8)19-13-17-11(15)6-12(16)18-13/h6,8-10H,2-5H2,1H3,(H4,15,16,17,18). The quantitative estimate of drug-likeness (QED) is 0.823. The van der Waals surface area contributed by atoms with Crippen molar-refractivity contribution >= 4 is 23.4 Å². The second kappa shape index (κ2) is 6.11. The number of thioether (sulfide) groups is 1. The summed E-state index contributed by atoms with van der Waals surface area (Å²) in [5, 5.41) is 10.1. The minimum absolute atomic E-state index is 0.0686. The van der Waals surface area contributed by atoms with Gasteiger partial charge in [-0.05, 0) is 25.2 Å². The van der Waals surface area contributed by atoms with Gasteiger partial charge in [-0.15, -0.1) is 0 Å². The van der Waals surface area contributed by atoms with Crippen molar-refractivity contribution in [2.75, 3.05) is 11.5 Å². The van der Waals surface area contributed by atoms with Crippen molar-refractivity contribution < 1.29 is 0 Å². The molecule has 0 spiro atoms. The molecule has 1 saturated carbocycles. The SMILES string of the molecule is CCC1CCC(C#N)C(Sc2nc(N)cc(N)n2)C1. The number of nitrogens with zero attached hydrogens (tertiary/aromatic N) is 3. The monoisotopic (exact) mass is 277 g/mol. The fourth-order valence-corrected chi connectivity index (χ4v) is 3.83. The zero-order valence-corrected chi connectivity index (χ0v) is 11.9. The molecule has 0 aliphatic heterocycles. The Morgan fingerprint density at radius 1 is 1.37 bits per heavy atom. The summed E-state index contributed by atoms with van der Waals surface area (Å²) in [4.78, 5) is 8.38. The first kappa shape index (κ1) is 13.9. The first-order valence-electron chi connectivity index (χ1n) is 6.58. The fourth-order valence-electron chi connectivity index (χ4n) is 2.51. The molecule has 1 heterocycles. The topological polar surface area (TPSA) is 102 Å². The number of nitrogens with two attached hydrogens (primary N) is 2. The molecule has 1 fully saturated rings. The Kier molecular flexibility index (Phi) is 4.48. The molecule has 0 amide bonds. The predicted molar refractivity (Wildman–Crippen MR) is 77.2 cm³/mol. The van der Waals surface area contributed by atoms with E-state index in [2.05, 4.69) is 23.0 Å². The first-order valence-corrected chi connectivity index (χ1v) is 7.46. The zero-order valence-electron chi connectivity index (χ0n) is 11.0. The number of rotatable bonds is 3. The number of nitriles is 1. The Hall–Kier alpha value is -1.48. The van der Waals surface area contributed by atoms with Crippen molar-refractivity contribution in [1.82, 2.24) is 9.97 Å². The third-order valence-electron chi connectivity index (χ3n) is 3.65. The number of anilines is 2. The first-order chi connectivity index (χ1) is 9.12. The van der Waals surface area contributed by atoms with Gasteiger partial charge in [-0.2, -0.15) is 5.26 Å². The van der Waals surface area contributed by atoms with Crippen LogP contribution in [-0.2, 0) is 0 Å². The summed E-state index contributed by atoms with van der Waals surface area (Å²) < 4.78 is 0. The highest BCUT2D eigenvalue weighted by Crippen LogP contribution is 2.39. The Labute approximate surface area is 117 Å². The second-order valence-electron chi connectivity index (χ2n) is 4.98. The van der Waals surface area contributed by atoms with Gasteiger partial charge in [0, 0.05) is 11.3 Å². The van der Waals surface area contributed by atoms with E-state index in [0.717, 1.165) is 25.7 Å². The third kappa shape index (κ3) is 3.51. The van der Waals surface area contributed by atoms with Gasteiger partial charge in [0.1, 0.15) is 11.6 Å². The molecule has 0 bridgehead atoms. The molecule has 19 heavy (non-hydrogen) atoms. The normalized spacial score (nSPS) is 26.8. The van der Waals surface area contributed by atoms with Crippen LogP contribution in [0.4, 0.5) is 11.6 Å². The molecule has 3 atom stereocenters. The van der Waals surface area contributed by atoms with Crippen LogP contribution in [0.3, 0.4) is 0 Å². The van der Waals surface area contributed by atoms with Crippen LogP contribution < -0.4 is 11.5 Å². The van der Waals surface area contributed by atoms with Crippen molar-refractivity contribution in [2.45, 2.75) is 43.0 Å². The molecule has 1 aliphatic rings. The van der Waals surface area contributed by atoms with Crippen LogP contribution >= 0.6 is 11.8 Å². The predicted octanol–water partition coefficient (Wildman–Crippen LogP) is 2.45. The lowest BCUT2D eigenvalue weighted by molar-refractivity contribution is 0.317. The second-order valence-corrected chi connectivity index (χ2v) is 6.19. The van der Waals surface area contributed by atoms with Crippen molar-refractivity contribution in [3.05, 3.63) is 6.07 Å². The highest BCUT2D eigenvalue weighted by Gasteiger charge is 2.31. The van der Waals surface area contributed by atoms with Crippen LogP contribution in [0, 0.1) is 23.2 Å². The summed E-state index contributed by atoms with van der Waals surface area (Å²) in [5.74, 6) is 1.53. The molecular weight excluding hydrogens is 258 g/mol. The maximum absolute atomic E-state index is 9.25. The summed E-state index contributed by atoms with van der Waals surface area (Å²) in [6, 6.07) is 3.95. The molecule has 102 valence electrons. The maximum atomic E-state index is 9.25. The lowest BCUT2D eigenvalue weighted by Gasteiger charge is -2.31. The highest BCUT2D eigenvalue weighted by atomic mass is 32.2. The van der Waals surface area contributed by atoms with Crippen LogP contribution in [0.25, 0.3) is 0 Å². The molecule has 2 rings (SSSR count). The van der Waals surface area contributed by atoms with E-state index in [-0.39, 0.29) is 11.2 Å². The Balaban J connectivity index is 2.12. The van der Waals surface area contributed by atoms with E-state index in [1.54, 1.807) is 6.07 Å². The van der Waals surface area contributed by atoms with Crippen LogP contribution in [0.15, 0.2) is 11.2 Å². The minimum Gasteiger partial charge on any atom is -0.383 e. The van der Waals surface area contributed by atoms with E-state index in [1.807, 2.05) is 0 Å². The molecule has 0 saturated heterocycles. The van der Waals surface area contributed by atoms with Gasteiger partial charge in [-0.3, -0.25) is 0 Å². The van der Waals surface area contributed by atoms with Gasteiger partial charge in [-0.25, -0.2) is 9.97 Å². The molecule has 3 unspecified atom stereocenters. The van der Waals surface area contributed by atoms with Gasteiger partial charge >= 0.3 is 0 Å². The van der Waals surface area contributed by atoms with Crippen molar-refractivity contribution in [1.29, 1.82) is 5.26 Å². The van der Waals surface area contributed by atoms with Gasteiger partial charge < -0.3 is 11.5 Å². The number of hydrogen-bond acceptors (Lipinski definition) is 6. The summed E-state index contributed by atoms with van der Waals surface area (Å²) in [7, 11) is 0. The van der Waals surface area contributed by atoms with Gasteiger partial charge in [0.25, 0.3) is 0 Å². The zero-order chi connectivity index (χ0) is 13.8.